The van der Waals surface area contributed by atoms with Crippen LogP contribution < -0.4 is 35.3 Å². The Labute approximate surface area is 190 Å². The molecule has 0 aliphatic carbocycles. The molecule has 0 spiro atoms. The first-order chi connectivity index (χ1) is 12.6. The number of esters is 1. The number of aliphatic carboxylic acids is 1. The van der Waals surface area contributed by atoms with Crippen molar-refractivity contribution < 1.29 is 50.4 Å². The van der Waals surface area contributed by atoms with E-state index < -0.39 is 12.0 Å². The summed E-state index contributed by atoms with van der Waals surface area (Å²) < 4.78 is 5.09. The fourth-order valence-electron chi connectivity index (χ4n) is 2.95. The molecule has 6 heteroatoms. The van der Waals surface area contributed by atoms with Crippen LogP contribution in [0.25, 0.3) is 0 Å². The zero-order valence-corrected chi connectivity index (χ0v) is 19.8. The Morgan fingerprint density at radius 1 is 0.852 bits per heavy atom. The van der Waals surface area contributed by atoms with Gasteiger partial charge in [-0.3, -0.25) is 9.59 Å². The summed E-state index contributed by atoms with van der Waals surface area (Å²) in [6.45, 7) is 2.69. The monoisotopic (exact) mass is 395 g/mol. The van der Waals surface area contributed by atoms with Crippen LogP contribution in [0.15, 0.2) is 0 Å². The minimum atomic E-state index is -1.08. The van der Waals surface area contributed by atoms with E-state index in [0.717, 1.165) is 12.8 Å². The molecule has 0 aliphatic heterocycles. The van der Waals surface area contributed by atoms with E-state index in [2.05, 4.69) is 6.92 Å². The third-order valence-corrected chi connectivity index (χ3v) is 4.74. The number of ether oxygens (including phenoxy) is 1. The maximum atomic E-state index is 11.4. The number of nitrogens with two attached hydrogens (primary N) is 1. The van der Waals surface area contributed by atoms with Gasteiger partial charge in [0.2, 0.25) is 0 Å². The van der Waals surface area contributed by atoms with Crippen LogP contribution in [0, 0.1) is 0 Å². The first-order valence-electron chi connectivity index (χ1n) is 10.7. The minimum absolute atomic E-state index is 0. The third kappa shape index (κ3) is 22.1. The average molecular weight is 396 g/mol. The van der Waals surface area contributed by atoms with Gasteiger partial charge in [0, 0.05) is 6.42 Å². The topological polar surface area (TPSA) is 89.6 Å². The molecule has 0 amide bonds. The van der Waals surface area contributed by atoms with Crippen molar-refractivity contribution in [1.29, 1.82) is 0 Å². The number of hydrogen-bond donors (Lipinski definition) is 2. The Bertz CT molecular complexity index is 359. The molecule has 3 N–H and O–H groups in total. The van der Waals surface area contributed by atoms with Crippen molar-refractivity contribution in [3.63, 3.8) is 0 Å². The summed E-state index contributed by atoms with van der Waals surface area (Å²) in [7, 11) is 0. The molecule has 0 aliphatic rings. The van der Waals surface area contributed by atoms with Gasteiger partial charge in [0.25, 0.3) is 0 Å². The van der Waals surface area contributed by atoms with Crippen molar-refractivity contribution in [1.82, 2.24) is 0 Å². The van der Waals surface area contributed by atoms with Crippen LogP contribution in [0.2, 0.25) is 0 Å². The van der Waals surface area contributed by atoms with Gasteiger partial charge in [-0.25, -0.2) is 0 Å². The van der Waals surface area contributed by atoms with Crippen LogP contribution in [0.5, 0.6) is 0 Å². The van der Waals surface area contributed by atoms with Crippen LogP contribution in [0.1, 0.15) is 111 Å². The molecule has 156 valence electrons. The molecule has 1 atom stereocenters. The summed E-state index contributed by atoms with van der Waals surface area (Å²) in [5, 5.41) is 8.63. The van der Waals surface area contributed by atoms with Crippen molar-refractivity contribution in [2.24, 2.45) is 5.73 Å². The van der Waals surface area contributed by atoms with Gasteiger partial charge in [-0.1, -0.05) is 90.4 Å². The molecule has 0 saturated heterocycles. The van der Waals surface area contributed by atoms with Gasteiger partial charge >= 0.3 is 41.5 Å². The normalized spacial score (nSPS) is 11.6. The van der Waals surface area contributed by atoms with Gasteiger partial charge in [-0.15, -0.1) is 0 Å². The smallest absolute Gasteiger partial charge is 1.00 e. The van der Waals surface area contributed by atoms with Crippen LogP contribution in [0.3, 0.4) is 0 Å². The summed E-state index contributed by atoms with van der Waals surface area (Å²) in [5.74, 6) is -1.43. The standard InChI is InChI=1S/C21H41NO4.Na.H/c1-2-3-4-5-6-7-8-9-10-11-12-13-14-15-18-26-20(23)17-16-19(22)21(24)25;;/h19H,2-18,22H2,1H3,(H,24,25);;/q;+1;-1/t19-;;/m0../s1. The van der Waals surface area contributed by atoms with Gasteiger partial charge in [0.15, 0.2) is 0 Å². The van der Waals surface area contributed by atoms with Crippen molar-refractivity contribution in [2.45, 2.75) is 116 Å². The first kappa shape index (κ1) is 29.1. The molecular weight excluding hydrogens is 353 g/mol. The van der Waals surface area contributed by atoms with E-state index in [4.69, 9.17) is 15.6 Å². The Hall–Kier alpha value is -0.100. The van der Waals surface area contributed by atoms with E-state index in [1.165, 1.54) is 77.0 Å². The predicted octanol–water partition coefficient (Wildman–Crippen LogP) is 2.32. The molecule has 0 aromatic carbocycles. The van der Waals surface area contributed by atoms with Gasteiger partial charge in [-0.2, -0.15) is 0 Å². The van der Waals surface area contributed by atoms with E-state index >= 15 is 0 Å². The van der Waals surface area contributed by atoms with Crippen molar-refractivity contribution in [3.05, 3.63) is 0 Å². The van der Waals surface area contributed by atoms with E-state index in [9.17, 15) is 9.59 Å². The van der Waals surface area contributed by atoms with E-state index in [0.29, 0.717) is 6.61 Å². The molecule has 0 heterocycles. The molecule has 0 radical (unpaired) electrons. The molecule has 0 rings (SSSR count). The number of carboxylic acid groups (broad SMARTS) is 1. The fraction of sp³-hybridized carbons (Fsp3) is 0.905. The number of carbonyl (C=O) groups is 2. The zero-order valence-electron chi connectivity index (χ0n) is 18.8. The summed E-state index contributed by atoms with van der Waals surface area (Å²) in [4.78, 5) is 22.0. The molecule has 0 bridgehead atoms. The number of carbonyl (C=O) groups excluding carboxylic acids is 1. The SMILES string of the molecule is CCCCCCCCCCCCCCCCOC(=O)CC[C@H](N)C(=O)O.[H-].[Na+]. The Morgan fingerprint density at radius 3 is 1.67 bits per heavy atom. The molecule has 0 saturated carbocycles. The zero-order chi connectivity index (χ0) is 19.5. The largest absolute Gasteiger partial charge is 1.00 e. The van der Waals surface area contributed by atoms with Crippen molar-refractivity contribution in [2.75, 3.05) is 6.61 Å². The van der Waals surface area contributed by atoms with E-state index in [1.807, 2.05) is 0 Å². The molecule has 27 heavy (non-hydrogen) atoms. The Morgan fingerprint density at radius 2 is 1.26 bits per heavy atom. The first-order valence-corrected chi connectivity index (χ1v) is 10.7. The minimum Gasteiger partial charge on any atom is -1.00 e. The van der Waals surface area contributed by atoms with Crippen LogP contribution in [0.4, 0.5) is 0 Å². The fourth-order valence-corrected chi connectivity index (χ4v) is 2.95. The second-order valence-electron chi connectivity index (χ2n) is 7.30. The molecule has 0 aromatic heterocycles. The molecule has 0 unspecified atom stereocenters. The van der Waals surface area contributed by atoms with Crippen molar-refractivity contribution in [3.8, 4) is 0 Å². The third-order valence-electron chi connectivity index (χ3n) is 4.74. The summed E-state index contributed by atoms with van der Waals surface area (Å²) in [6.07, 6.45) is 18.3. The summed E-state index contributed by atoms with van der Waals surface area (Å²) >= 11 is 0. The predicted molar refractivity (Wildman–Crippen MR) is 107 cm³/mol. The van der Waals surface area contributed by atoms with E-state index in [1.54, 1.807) is 0 Å². The molecule has 0 aromatic rings. The second kappa shape index (κ2) is 22.2. The molecular formula is C21H42NNaO4. The Kier molecular flexibility index (Phi) is 23.9. The second-order valence-corrected chi connectivity index (χ2v) is 7.30. The van der Waals surface area contributed by atoms with Gasteiger partial charge in [0.05, 0.1) is 6.61 Å². The molecule has 0 fully saturated rings. The maximum Gasteiger partial charge on any atom is 1.00 e. The van der Waals surface area contributed by atoms with Crippen LogP contribution in [-0.4, -0.2) is 29.7 Å². The number of rotatable bonds is 19. The molecule has 5 nitrogen and oxygen atoms in total. The quantitative estimate of drug-likeness (QED) is 0.199. The van der Waals surface area contributed by atoms with Gasteiger partial charge in [-0.05, 0) is 12.8 Å². The summed E-state index contributed by atoms with van der Waals surface area (Å²) in [5.41, 5.74) is 5.34. The average Bonchev–Trinajstić information content (AvgIpc) is 2.62. The number of unbranched alkanes of at least 4 members (excludes halogenated alkanes) is 13. The summed E-state index contributed by atoms with van der Waals surface area (Å²) in [6, 6.07) is -0.983. The Balaban J connectivity index is -0.00000312. The van der Waals surface area contributed by atoms with Crippen molar-refractivity contribution >= 4 is 11.9 Å². The number of hydrogen-bond acceptors (Lipinski definition) is 4. The van der Waals surface area contributed by atoms with Gasteiger partial charge in [0.1, 0.15) is 6.04 Å². The maximum absolute atomic E-state index is 11.4. The van der Waals surface area contributed by atoms with Gasteiger partial charge < -0.3 is 17.0 Å². The number of carboxylic acids is 1. The van der Waals surface area contributed by atoms with Crippen LogP contribution >= 0.6 is 0 Å². The van der Waals surface area contributed by atoms with E-state index in [-0.39, 0.29) is 49.8 Å². The van der Waals surface area contributed by atoms with Crippen LogP contribution in [-0.2, 0) is 14.3 Å².